The normalized spacial score (nSPS) is 19.0. The van der Waals surface area contributed by atoms with Crippen LogP contribution in [0.4, 0.5) is 24.5 Å². The molecule has 0 radical (unpaired) electrons. The van der Waals surface area contributed by atoms with Crippen LogP contribution in [0.15, 0.2) is 18.2 Å². The van der Waals surface area contributed by atoms with Crippen molar-refractivity contribution in [3.63, 3.8) is 0 Å². The van der Waals surface area contributed by atoms with E-state index in [0.29, 0.717) is 13.0 Å². The summed E-state index contributed by atoms with van der Waals surface area (Å²) in [5, 5.41) is 11.1. The molecule has 1 saturated heterocycles. The first-order chi connectivity index (χ1) is 10.2. The molecule has 120 valence electrons. The molecule has 1 heterocycles. The molecule has 0 aromatic heterocycles. The van der Waals surface area contributed by atoms with E-state index in [2.05, 4.69) is 0 Å². The number of nitrogens with two attached hydrogens (primary N) is 1. The number of nitrogens with zero attached hydrogens (tertiary/aromatic N) is 2. The van der Waals surface area contributed by atoms with Gasteiger partial charge in [0, 0.05) is 24.7 Å². The number of carbonyl (C=O) groups is 1. The lowest BCUT2D eigenvalue weighted by Gasteiger charge is -2.34. The van der Waals surface area contributed by atoms with Gasteiger partial charge in [0.15, 0.2) is 0 Å². The zero-order valence-electron chi connectivity index (χ0n) is 11.5. The standard InChI is InChI=1S/C13H14F3N3O3/c14-13(15,16)9-2-1-5-18(7-9)10-4-3-8(12(17)20)6-11(10)19(21)22/h3-4,6,9H,1-2,5,7H2,(H2,17,20)/t9-/m1/s1. The summed E-state index contributed by atoms with van der Waals surface area (Å²) in [6, 6.07) is 3.55. The zero-order chi connectivity index (χ0) is 16.5. The van der Waals surface area contributed by atoms with Gasteiger partial charge in [-0.05, 0) is 25.0 Å². The molecule has 1 aliphatic heterocycles. The van der Waals surface area contributed by atoms with Gasteiger partial charge in [-0.1, -0.05) is 0 Å². The molecular weight excluding hydrogens is 303 g/mol. The number of carbonyl (C=O) groups excluding carboxylic acids is 1. The van der Waals surface area contributed by atoms with E-state index in [1.165, 1.54) is 17.0 Å². The lowest BCUT2D eigenvalue weighted by molar-refractivity contribution is -0.384. The summed E-state index contributed by atoms with van der Waals surface area (Å²) in [6.45, 7) is -0.0381. The molecule has 2 N–H and O–H groups in total. The number of hydrogen-bond acceptors (Lipinski definition) is 4. The molecule has 2 rings (SSSR count). The summed E-state index contributed by atoms with van der Waals surface area (Å²) >= 11 is 0. The molecule has 9 heteroatoms. The number of benzene rings is 1. The van der Waals surface area contributed by atoms with Crippen molar-refractivity contribution < 1.29 is 22.9 Å². The highest BCUT2D eigenvalue weighted by Crippen LogP contribution is 2.37. The fourth-order valence-electron chi connectivity index (χ4n) is 2.55. The Bertz CT molecular complexity index is 604. The van der Waals surface area contributed by atoms with Crippen molar-refractivity contribution in [2.45, 2.75) is 19.0 Å². The third kappa shape index (κ3) is 3.29. The third-order valence-electron chi connectivity index (χ3n) is 3.68. The number of rotatable bonds is 3. The average Bonchev–Trinajstić information content (AvgIpc) is 2.45. The van der Waals surface area contributed by atoms with Gasteiger partial charge in [-0.25, -0.2) is 0 Å². The molecule has 0 saturated carbocycles. The minimum Gasteiger partial charge on any atom is -0.366 e. The van der Waals surface area contributed by atoms with Crippen LogP contribution in [0.2, 0.25) is 0 Å². The molecule has 1 amide bonds. The number of halogens is 3. The highest BCUT2D eigenvalue weighted by atomic mass is 19.4. The molecule has 22 heavy (non-hydrogen) atoms. The minimum absolute atomic E-state index is 0.00711. The van der Waals surface area contributed by atoms with E-state index in [1.807, 2.05) is 0 Å². The maximum absolute atomic E-state index is 12.8. The maximum atomic E-state index is 12.8. The second-order valence-corrected chi connectivity index (χ2v) is 5.15. The smallest absolute Gasteiger partial charge is 0.366 e. The number of amides is 1. The van der Waals surface area contributed by atoms with Gasteiger partial charge in [-0.2, -0.15) is 13.2 Å². The Labute approximate surface area is 123 Å². The van der Waals surface area contributed by atoms with Crippen LogP contribution in [-0.4, -0.2) is 30.1 Å². The number of piperidine rings is 1. The number of primary amides is 1. The topological polar surface area (TPSA) is 89.5 Å². The molecule has 1 aromatic carbocycles. The Morgan fingerprint density at radius 1 is 1.41 bits per heavy atom. The Balaban J connectivity index is 2.35. The summed E-state index contributed by atoms with van der Waals surface area (Å²) in [7, 11) is 0. The van der Waals surface area contributed by atoms with Gasteiger partial charge in [0.25, 0.3) is 5.69 Å². The summed E-state index contributed by atoms with van der Waals surface area (Å²) in [5.74, 6) is -2.35. The first-order valence-corrected chi connectivity index (χ1v) is 6.60. The SMILES string of the molecule is NC(=O)c1ccc(N2CCC[C@@H](C(F)(F)F)C2)c([N+](=O)[O-])c1. The van der Waals surface area contributed by atoms with Crippen molar-refractivity contribution >= 4 is 17.3 Å². The Hall–Kier alpha value is -2.32. The summed E-state index contributed by atoms with van der Waals surface area (Å²) < 4.78 is 38.5. The van der Waals surface area contributed by atoms with Gasteiger partial charge in [0.2, 0.25) is 5.91 Å². The van der Waals surface area contributed by atoms with Crippen molar-refractivity contribution in [1.29, 1.82) is 0 Å². The molecule has 0 aliphatic carbocycles. The van der Waals surface area contributed by atoms with E-state index in [1.54, 1.807) is 0 Å². The Morgan fingerprint density at radius 2 is 2.09 bits per heavy atom. The van der Waals surface area contributed by atoms with Gasteiger partial charge < -0.3 is 10.6 Å². The largest absolute Gasteiger partial charge is 0.393 e. The van der Waals surface area contributed by atoms with Crippen LogP contribution in [0.5, 0.6) is 0 Å². The summed E-state index contributed by atoms with van der Waals surface area (Å²) in [4.78, 5) is 22.8. The second-order valence-electron chi connectivity index (χ2n) is 5.15. The Morgan fingerprint density at radius 3 is 2.64 bits per heavy atom. The van der Waals surface area contributed by atoms with E-state index < -0.39 is 28.6 Å². The number of nitro groups is 1. The van der Waals surface area contributed by atoms with Crippen LogP contribution in [0.3, 0.4) is 0 Å². The zero-order valence-corrected chi connectivity index (χ0v) is 11.5. The van der Waals surface area contributed by atoms with Crippen molar-refractivity contribution in [3.05, 3.63) is 33.9 Å². The fourth-order valence-corrected chi connectivity index (χ4v) is 2.55. The van der Waals surface area contributed by atoms with Crippen LogP contribution >= 0.6 is 0 Å². The lowest BCUT2D eigenvalue weighted by Crippen LogP contribution is -2.42. The molecule has 1 atom stereocenters. The summed E-state index contributed by atoms with van der Waals surface area (Å²) in [5.41, 5.74) is 4.67. The number of anilines is 1. The fraction of sp³-hybridized carbons (Fsp3) is 0.462. The van der Waals surface area contributed by atoms with Gasteiger partial charge in [-0.15, -0.1) is 0 Å². The van der Waals surface area contributed by atoms with Crippen LogP contribution in [0.25, 0.3) is 0 Å². The van der Waals surface area contributed by atoms with Crippen LogP contribution in [0, 0.1) is 16.0 Å². The van der Waals surface area contributed by atoms with Gasteiger partial charge >= 0.3 is 6.18 Å². The maximum Gasteiger partial charge on any atom is 0.393 e. The number of alkyl halides is 3. The predicted octanol–water partition coefficient (Wildman–Crippen LogP) is 2.47. The van der Waals surface area contributed by atoms with Crippen molar-refractivity contribution in [3.8, 4) is 0 Å². The second kappa shape index (κ2) is 5.82. The average molecular weight is 317 g/mol. The van der Waals surface area contributed by atoms with E-state index in [0.717, 1.165) is 6.07 Å². The quantitative estimate of drug-likeness (QED) is 0.685. The van der Waals surface area contributed by atoms with Crippen LogP contribution in [-0.2, 0) is 0 Å². The molecule has 1 aromatic rings. The van der Waals surface area contributed by atoms with Crippen molar-refractivity contribution in [1.82, 2.24) is 0 Å². The van der Waals surface area contributed by atoms with Crippen LogP contribution in [0.1, 0.15) is 23.2 Å². The molecular formula is C13H14F3N3O3. The minimum atomic E-state index is -4.33. The van der Waals surface area contributed by atoms with E-state index in [9.17, 15) is 28.1 Å². The lowest BCUT2D eigenvalue weighted by atomic mass is 9.96. The summed E-state index contributed by atoms with van der Waals surface area (Å²) in [6.07, 6.45) is -4.04. The van der Waals surface area contributed by atoms with Gasteiger partial charge in [-0.3, -0.25) is 14.9 Å². The molecule has 1 fully saturated rings. The highest BCUT2D eigenvalue weighted by molar-refractivity contribution is 5.94. The Kier molecular flexibility index (Phi) is 4.25. The molecule has 0 unspecified atom stereocenters. The van der Waals surface area contributed by atoms with E-state index >= 15 is 0 Å². The van der Waals surface area contributed by atoms with Crippen molar-refractivity contribution in [2.75, 3.05) is 18.0 Å². The molecule has 0 bridgehead atoms. The van der Waals surface area contributed by atoms with E-state index in [-0.39, 0.29) is 24.2 Å². The molecule has 0 spiro atoms. The first kappa shape index (κ1) is 16.1. The predicted molar refractivity (Wildman–Crippen MR) is 72.6 cm³/mol. The van der Waals surface area contributed by atoms with E-state index in [4.69, 9.17) is 5.73 Å². The van der Waals surface area contributed by atoms with Gasteiger partial charge in [0.1, 0.15) is 5.69 Å². The first-order valence-electron chi connectivity index (χ1n) is 6.60. The van der Waals surface area contributed by atoms with Gasteiger partial charge in [0.05, 0.1) is 10.8 Å². The number of hydrogen-bond donors (Lipinski definition) is 1. The van der Waals surface area contributed by atoms with Crippen LogP contribution < -0.4 is 10.6 Å². The number of nitro benzene ring substituents is 1. The molecule has 6 nitrogen and oxygen atoms in total. The monoisotopic (exact) mass is 317 g/mol. The van der Waals surface area contributed by atoms with Crippen molar-refractivity contribution in [2.24, 2.45) is 11.7 Å². The molecule has 1 aliphatic rings. The third-order valence-corrected chi connectivity index (χ3v) is 3.68. The highest BCUT2D eigenvalue weighted by Gasteiger charge is 2.42.